The standard InChI is InChI=1S/C10H20N2O4/c1-6(2)7(5-11)9(14)12-8(3-4-13)10(15)16/h6-8,13H,3-5,11H2,1-2H3,(H,12,14)(H,15,16). The predicted octanol–water partition coefficient (Wildman–Crippen LogP) is -0.831. The van der Waals surface area contributed by atoms with E-state index in [1.807, 2.05) is 13.8 Å². The third kappa shape index (κ3) is 4.59. The normalized spacial score (nSPS) is 14.6. The Hall–Kier alpha value is -1.14. The highest BCUT2D eigenvalue weighted by Crippen LogP contribution is 2.09. The summed E-state index contributed by atoms with van der Waals surface area (Å²) in [5.74, 6) is -1.88. The summed E-state index contributed by atoms with van der Waals surface area (Å²) in [4.78, 5) is 22.4. The number of carbonyl (C=O) groups is 2. The van der Waals surface area contributed by atoms with Crippen LogP contribution in [0.4, 0.5) is 0 Å². The van der Waals surface area contributed by atoms with Crippen molar-refractivity contribution in [3.05, 3.63) is 0 Å². The van der Waals surface area contributed by atoms with Crippen LogP contribution in [-0.2, 0) is 9.59 Å². The second-order valence-corrected chi connectivity index (χ2v) is 4.00. The lowest BCUT2D eigenvalue weighted by Gasteiger charge is -2.21. The Kier molecular flexibility index (Phi) is 6.67. The van der Waals surface area contributed by atoms with Gasteiger partial charge in [0.05, 0.1) is 5.92 Å². The van der Waals surface area contributed by atoms with Crippen LogP contribution in [0.2, 0.25) is 0 Å². The molecule has 0 radical (unpaired) electrons. The van der Waals surface area contributed by atoms with Gasteiger partial charge in [-0.25, -0.2) is 4.79 Å². The predicted molar refractivity (Wildman–Crippen MR) is 58.7 cm³/mol. The van der Waals surface area contributed by atoms with Crippen LogP contribution in [0, 0.1) is 11.8 Å². The zero-order valence-corrected chi connectivity index (χ0v) is 9.64. The first-order chi connectivity index (χ1) is 7.43. The topological polar surface area (TPSA) is 113 Å². The van der Waals surface area contributed by atoms with Gasteiger partial charge in [0.1, 0.15) is 6.04 Å². The molecule has 0 spiro atoms. The van der Waals surface area contributed by atoms with E-state index in [2.05, 4.69) is 5.32 Å². The molecule has 0 saturated heterocycles. The molecule has 5 N–H and O–H groups in total. The summed E-state index contributed by atoms with van der Waals surface area (Å²) in [5, 5.41) is 19.8. The van der Waals surface area contributed by atoms with E-state index in [-0.39, 0.29) is 31.4 Å². The van der Waals surface area contributed by atoms with Crippen LogP contribution in [0.3, 0.4) is 0 Å². The van der Waals surface area contributed by atoms with Gasteiger partial charge in [-0.2, -0.15) is 0 Å². The molecule has 0 aromatic rings. The number of hydrogen-bond acceptors (Lipinski definition) is 4. The van der Waals surface area contributed by atoms with Gasteiger partial charge in [-0.05, 0) is 5.92 Å². The van der Waals surface area contributed by atoms with E-state index in [1.165, 1.54) is 0 Å². The lowest BCUT2D eigenvalue weighted by atomic mass is 9.94. The second-order valence-electron chi connectivity index (χ2n) is 4.00. The number of carbonyl (C=O) groups excluding carboxylic acids is 1. The monoisotopic (exact) mass is 232 g/mol. The van der Waals surface area contributed by atoms with E-state index < -0.39 is 17.9 Å². The van der Waals surface area contributed by atoms with Crippen molar-refractivity contribution in [3.63, 3.8) is 0 Å². The van der Waals surface area contributed by atoms with Gasteiger partial charge >= 0.3 is 5.97 Å². The van der Waals surface area contributed by atoms with Crippen LogP contribution in [0.1, 0.15) is 20.3 Å². The maximum Gasteiger partial charge on any atom is 0.326 e. The quantitative estimate of drug-likeness (QED) is 0.457. The van der Waals surface area contributed by atoms with Crippen molar-refractivity contribution in [2.24, 2.45) is 17.6 Å². The Bertz CT molecular complexity index is 243. The van der Waals surface area contributed by atoms with E-state index in [0.717, 1.165) is 0 Å². The molecular weight excluding hydrogens is 212 g/mol. The van der Waals surface area contributed by atoms with Crippen molar-refractivity contribution in [2.75, 3.05) is 13.2 Å². The van der Waals surface area contributed by atoms with Gasteiger partial charge in [-0.15, -0.1) is 0 Å². The fourth-order valence-electron chi connectivity index (χ4n) is 1.35. The fourth-order valence-corrected chi connectivity index (χ4v) is 1.35. The molecule has 2 unspecified atom stereocenters. The molecule has 0 aliphatic carbocycles. The maximum atomic E-state index is 11.7. The Morgan fingerprint density at radius 1 is 1.38 bits per heavy atom. The smallest absolute Gasteiger partial charge is 0.326 e. The summed E-state index contributed by atoms with van der Waals surface area (Å²) in [6, 6.07) is -1.05. The van der Waals surface area contributed by atoms with E-state index in [1.54, 1.807) is 0 Å². The molecule has 0 heterocycles. The number of aliphatic carboxylic acids is 1. The number of aliphatic hydroxyl groups is 1. The van der Waals surface area contributed by atoms with E-state index in [4.69, 9.17) is 15.9 Å². The van der Waals surface area contributed by atoms with E-state index >= 15 is 0 Å². The maximum absolute atomic E-state index is 11.7. The van der Waals surface area contributed by atoms with Crippen LogP contribution in [0.15, 0.2) is 0 Å². The van der Waals surface area contributed by atoms with Gasteiger partial charge < -0.3 is 21.3 Å². The summed E-state index contributed by atoms with van der Waals surface area (Å²) in [6.45, 7) is 3.58. The van der Waals surface area contributed by atoms with Gasteiger partial charge in [0, 0.05) is 19.6 Å². The molecule has 1 amide bonds. The highest BCUT2D eigenvalue weighted by atomic mass is 16.4. The molecular formula is C10H20N2O4. The molecule has 0 aromatic carbocycles. The van der Waals surface area contributed by atoms with Gasteiger partial charge in [-0.1, -0.05) is 13.8 Å². The molecule has 0 rings (SSSR count). The van der Waals surface area contributed by atoms with Crippen molar-refractivity contribution < 1.29 is 19.8 Å². The Balaban J connectivity index is 4.43. The van der Waals surface area contributed by atoms with Crippen molar-refractivity contribution in [3.8, 4) is 0 Å². The first-order valence-corrected chi connectivity index (χ1v) is 5.28. The average molecular weight is 232 g/mol. The molecule has 0 aliphatic rings. The lowest BCUT2D eigenvalue weighted by molar-refractivity contribution is -0.143. The SMILES string of the molecule is CC(C)C(CN)C(=O)NC(CCO)C(=O)O. The third-order valence-electron chi connectivity index (χ3n) is 2.43. The van der Waals surface area contributed by atoms with Crippen LogP contribution < -0.4 is 11.1 Å². The lowest BCUT2D eigenvalue weighted by Crippen LogP contribution is -2.46. The molecule has 2 atom stereocenters. The minimum Gasteiger partial charge on any atom is -0.480 e. The fraction of sp³-hybridized carbons (Fsp3) is 0.800. The van der Waals surface area contributed by atoms with Gasteiger partial charge in [-0.3, -0.25) is 4.79 Å². The minimum atomic E-state index is -1.15. The van der Waals surface area contributed by atoms with Crippen LogP contribution in [-0.4, -0.2) is 41.3 Å². The molecule has 0 bridgehead atoms. The number of hydrogen-bond donors (Lipinski definition) is 4. The average Bonchev–Trinajstić information content (AvgIpc) is 2.17. The summed E-state index contributed by atoms with van der Waals surface area (Å²) in [5.41, 5.74) is 5.44. The van der Waals surface area contributed by atoms with Crippen LogP contribution >= 0.6 is 0 Å². The second kappa shape index (κ2) is 7.19. The molecule has 0 fully saturated rings. The number of aliphatic hydroxyl groups excluding tert-OH is 1. The number of nitrogens with one attached hydrogen (secondary N) is 1. The van der Waals surface area contributed by atoms with Crippen LogP contribution in [0.5, 0.6) is 0 Å². The van der Waals surface area contributed by atoms with Crippen molar-refractivity contribution in [2.45, 2.75) is 26.3 Å². The number of nitrogens with two attached hydrogens (primary N) is 1. The number of carboxylic acids is 1. The third-order valence-corrected chi connectivity index (χ3v) is 2.43. The number of amides is 1. The number of rotatable bonds is 7. The highest BCUT2D eigenvalue weighted by Gasteiger charge is 2.25. The zero-order valence-electron chi connectivity index (χ0n) is 9.64. The van der Waals surface area contributed by atoms with Crippen molar-refractivity contribution >= 4 is 11.9 Å². The van der Waals surface area contributed by atoms with Gasteiger partial charge in [0.2, 0.25) is 5.91 Å². The Morgan fingerprint density at radius 2 is 1.94 bits per heavy atom. The molecule has 16 heavy (non-hydrogen) atoms. The number of carboxylic acid groups (broad SMARTS) is 1. The van der Waals surface area contributed by atoms with E-state index in [9.17, 15) is 9.59 Å². The highest BCUT2D eigenvalue weighted by molar-refractivity contribution is 5.85. The summed E-state index contributed by atoms with van der Waals surface area (Å²) in [6.07, 6.45) is -0.00351. The minimum absolute atomic E-state index is 0.00351. The molecule has 6 nitrogen and oxygen atoms in total. The Labute approximate surface area is 94.8 Å². The first kappa shape index (κ1) is 14.9. The van der Waals surface area contributed by atoms with Crippen molar-refractivity contribution in [1.29, 1.82) is 0 Å². The van der Waals surface area contributed by atoms with Gasteiger partial charge in [0.15, 0.2) is 0 Å². The molecule has 0 saturated carbocycles. The van der Waals surface area contributed by atoms with Crippen LogP contribution in [0.25, 0.3) is 0 Å². The summed E-state index contributed by atoms with van der Waals surface area (Å²) in [7, 11) is 0. The van der Waals surface area contributed by atoms with E-state index in [0.29, 0.717) is 0 Å². The molecule has 94 valence electrons. The molecule has 0 aliphatic heterocycles. The summed E-state index contributed by atoms with van der Waals surface area (Å²) >= 11 is 0. The van der Waals surface area contributed by atoms with Crippen molar-refractivity contribution in [1.82, 2.24) is 5.32 Å². The zero-order chi connectivity index (χ0) is 12.7. The largest absolute Gasteiger partial charge is 0.480 e. The van der Waals surface area contributed by atoms with Gasteiger partial charge in [0.25, 0.3) is 0 Å². The molecule has 6 heteroatoms. The molecule has 0 aromatic heterocycles. The summed E-state index contributed by atoms with van der Waals surface area (Å²) < 4.78 is 0. The first-order valence-electron chi connectivity index (χ1n) is 5.28. The Morgan fingerprint density at radius 3 is 2.25 bits per heavy atom.